The third-order valence-electron chi connectivity index (χ3n) is 5.12. The highest BCUT2D eigenvalue weighted by Crippen LogP contribution is 2.25. The lowest BCUT2D eigenvalue weighted by molar-refractivity contribution is 0.0674. The molecule has 0 aliphatic carbocycles. The van der Waals surface area contributed by atoms with E-state index in [1.54, 1.807) is 28.8 Å². The van der Waals surface area contributed by atoms with E-state index in [1.807, 2.05) is 24.3 Å². The fourth-order valence-electron chi connectivity index (χ4n) is 3.62. The highest BCUT2D eigenvalue weighted by molar-refractivity contribution is 5.96. The van der Waals surface area contributed by atoms with Crippen molar-refractivity contribution in [3.05, 3.63) is 76.9 Å². The number of nitrogens with zero attached hydrogens (tertiary/aromatic N) is 2. The lowest BCUT2D eigenvalue weighted by Gasteiger charge is -2.12. The molecule has 0 saturated heterocycles. The molecular formula is C24H26N2O5. The summed E-state index contributed by atoms with van der Waals surface area (Å²) >= 11 is 0. The molecule has 0 aliphatic heterocycles. The van der Waals surface area contributed by atoms with Crippen molar-refractivity contribution < 1.29 is 24.5 Å². The van der Waals surface area contributed by atoms with E-state index in [4.69, 9.17) is 4.74 Å². The van der Waals surface area contributed by atoms with Gasteiger partial charge in [0.05, 0.1) is 17.9 Å². The number of carboxylic acid groups (broad SMARTS) is 2. The van der Waals surface area contributed by atoms with E-state index >= 15 is 0 Å². The van der Waals surface area contributed by atoms with Crippen LogP contribution in [0.5, 0.6) is 0 Å². The maximum absolute atomic E-state index is 12.0. The quantitative estimate of drug-likeness (QED) is 0.499. The van der Waals surface area contributed by atoms with Gasteiger partial charge in [0, 0.05) is 20.1 Å². The number of aryl methyl sites for hydroxylation is 1. The second kappa shape index (κ2) is 10.0. The summed E-state index contributed by atoms with van der Waals surface area (Å²) in [6.45, 7) is 2.58. The molecule has 0 amide bonds. The number of carbonyl (C=O) groups is 2. The zero-order valence-electron chi connectivity index (χ0n) is 17.7. The van der Waals surface area contributed by atoms with Crippen LogP contribution in [0, 0.1) is 0 Å². The van der Waals surface area contributed by atoms with E-state index in [9.17, 15) is 19.8 Å². The normalized spacial score (nSPS) is 10.9. The molecule has 0 saturated carbocycles. The van der Waals surface area contributed by atoms with Crippen LogP contribution in [-0.2, 0) is 24.3 Å². The van der Waals surface area contributed by atoms with Crippen molar-refractivity contribution in [3.63, 3.8) is 0 Å². The first-order valence-corrected chi connectivity index (χ1v) is 10.2. The standard InChI is InChI=1S/C24H26N2O5/c1-3-4-9-21-25-20(15-31-2)22(24(29)30)26(21)14-16-10-12-17(13-11-16)18-7-5-6-8-19(18)23(27)28/h5-8,10-13H,3-4,9,14-15H2,1-2H3,(H,27,28)(H,29,30). The molecule has 0 radical (unpaired) electrons. The molecule has 2 N–H and O–H groups in total. The highest BCUT2D eigenvalue weighted by Gasteiger charge is 2.22. The van der Waals surface area contributed by atoms with Crippen molar-refractivity contribution >= 4 is 11.9 Å². The number of aromatic carboxylic acids is 2. The molecule has 0 bridgehead atoms. The summed E-state index contributed by atoms with van der Waals surface area (Å²) in [5.74, 6) is -1.28. The van der Waals surface area contributed by atoms with Gasteiger partial charge in [0.1, 0.15) is 5.82 Å². The van der Waals surface area contributed by atoms with E-state index in [-0.39, 0.29) is 17.9 Å². The van der Waals surface area contributed by atoms with Crippen molar-refractivity contribution in [2.24, 2.45) is 0 Å². The number of rotatable bonds is 10. The van der Waals surface area contributed by atoms with Gasteiger partial charge in [-0.25, -0.2) is 14.6 Å². The number of methoxy groups -OCH3 is 1. The number of aromatic nitrogens is 2. The van der Waals surface area contributed by atoms with E-state index in [1.165, 1.54) is 7.11 Å². The van der Waals surface area contributed by atoms with Gasteiger partial charge in [-0.2, -0.15) is 0 Å². The van der Waals surface area contributed by atoms with Crippen molar-refractivity contribution in [3.8, 4) is 11.1 Å². The number of carboxylic acids is 2. The highest BCUT2D eigenvalue weighted by atomic mass is 16.5. The van der Waals surface area contributed by atoms with Crippen LogP contribution in [0.2, 0.25) is 0 Å². The number of benzene rings is 2. The maximum atomic E-state index is 12.0. The number of unbranched alkanes of at least 4 members (excludes halogenated alkanes) is 1. The lowest BCUT2D eigenvalue weighted by atomic mass is 9.98. The molecule has 31 heavy (non-hydrogen) atoms. The Morgan fingerprint density at radius 3 is 2.35 bits per heavy atom. The minimum absolute atomic E-state index is 0.138. The molecule has 0 atom stereocenters. The number of ether oxygens (including phenoxy) is 1. The van der Waals surface area contributed by atoms with Gasteiger partial charge in [-0.05, 0) is 29.2 Å². The van der Waals surface area contributed by atoms with Crippen LogP contribution >= 0.6 is 0 Å². The molecule has 0 unspecified atom stereocenters. The molecule has 3 rings (SSSR count). The molecule has 0 fully saturated rings. The van der Waals surface area contributed by atoms with E-state index in [0.717, 1.165) is 29.8 Å². The zero-order chi connectivity index (χ0) is 22.4. The van der Waals surface area contributed by atoms with Crippen LogP contribution in [0.4, 0.5) is 0 Å². The molecule has 7 nitrogen and oxygen atoms in total. The number of imidazole rings is 1. The Bertz CT molecular complexity index is 1070. The lowest BCUT2D eigenvalue weighted by Crippen LogP contribution is -2.14. The summed E-state index contributed by atoms with van der Waals surface area (Å²) in [5.41, 5.74) is 3.14. The number of hydrogen-bond acceptors (Lipinski definition) is 4. The Morgan fingerprint density at radius 2 is 1.74 bits per heavy atom. The molecule has 162 valence electrons. The Morgan fingerprint density at radius 1 is 1.03 bits per heavy atom. The van der Waals surface area contributed by atoms with Crippen molar-refractivity contribution in [2.75, 3.05) is 7.11 Å². The molecule has 1 aromatic heterocycles. The predicted octanol–water partition coefficient (Wildman–Crippen LogP) is 4.48. The van der Waals surface area contributed by atoms with Gasteiger partial charge < -0.3 is 19.5 Å². The summed E-state index contributed by atoms with van der Waals surface area (Å²) in [7, 11) is 1.52. The Hall–Kier alpha value is -3.45. The third kappa shape index (κ3) is 5.00. The summed E-state index contributed by atoms with van der Waals surface area (Å²) < 4.78 is 6.89. The Kier molecular flexibility index (Phi) is 7.20. The van der Waals surface area contributed by atoms with Gasteiger partial charge in [0.25, 0.3) is 0 Å². The number of hydrogen-bond donors (Lipinski definition) is 2. The van der Waals surface area contributed by atoms with Gasteiger partial charge in [-0.3, -0.25) is 0 Å². The van der Waals surface area contributed by atoms with Crippen LogP contribution in [0.3, 0.4) is 0 Å². The molecule has 0 aliphatic rings. The summed E-state index contributed by atoms with van der Waals surface area (Å²) in [4.78, 5) is 28.0. The van der Waals surface area contributed by atoms with Crippen LogP contribution in [0.25, 0.3) is 11.1 Å². The second-order valence-corrected chi connectivity index (χ2v) is 7.30. The molecule has 1 heterocycles. The fraction of sp³-hybridized carbons (Fsp3) is 0.292. The Balaban J connectivity index is 1.95. The molecule has 3 aromatic rings. The zero-order valence-corrected chi connectivity index (χ0v) is 17.7. The molecule has 0 spiro atoms. The van der Waals surface area contributed by atoms with Gasteiger partial charge in [0.15, 0.2) is 5.69 Å². The smallest absolute Gasteiger partial charge is 0.354 e. The minimum Gasteiger partial charge on any atom is -0.478 e. The monoisotopic (exact) mass is 422 g/mol. The topological polar surface area (TPSA) is 102 Å². The summed E-state index contributed by atoms with van der Waals surface area (Å²) in [6, 6.07) is 14.3. The van der Waals surface area contributed by atoms with Crippen molar-refractivity contribution in [1.29, 1.82) is 0 Å². The first-order valence-electron chi connectivity index (χ1n) is 10.2. The van der Waals surface area contributed by atoms with E-state index in [0.29, 0.717) is 24.2 Å². The van der Waals surface area contributed by atoms with Crippen LogP contribution in [0.1, 0.15) is 57.7 Å². The maximum Gasteiger partial charge on any atom is 0.354 e. The third-order valence-corrected chi connectivity index (χ3v) is 5.12. The molecule has 2 aromatic carbocycles. The van der Waals surface area contributed by atoms with Crippen molar-refractivity contribution in [1.82, 2.24) is 9.55 Å². The molecule has 7 heteroatoms. The molecular weight excluding hydrogens is 396 g/mol. The average Bonchev–Trinajstić information content (AvgIpc) is 3.10. The first-order chi connectivity index (χ1) is 15.0. The second-order valence-electron chi connectivity index (χ2n) is 7.30. The van der Waals surface area contributed by atoms with Gasteiger partial charge in [-0.1, -0.05) is 55.8 Å². The fourth-order valence-corrected chi connectivity index (χ4v) is 3.62. The summed E-state index contributed by atoms with van der Waals surface area (Å²) in [6.07, 6.45) is 2.57. The van der Waals surface area contributed by atoms with Gasteiger partial charge in [-0.15, -0.1) is 0 Å². The van der Waals surface area contributed by atoms with Gasteiger partial charge >= 0.3 is 11.9 Å². The van der Waals surface area contributed by atoms with Gasteiger partial charge in [0.2, 0.25) is 0 Å². The van der Waals surface area contributed by atoms with Crippen molar-refractivity contribution in [2.45, 2.75) is 39.3 Å². The van der Waals surface area contributed by atoms with Crippen LogP contribution < -0.4 is 0 Å². The van der Waals surface area contributed by atoms with E-state index < -0.39 is 11.9 Å². The van der Waals surface area contributed by atoms with E-state index in [2.05, 4.69) is 11.9 Å². The summed E-state index contributed by atoms with van der Waals surface area (Å²) in [5, 5.41) is 19.2. The predicted molar refractivity (Wildman–Crippen MR) is 116 cm³/mol. The first kappa shape index (κ1) is 22.2. The van der Waals surface area contributed by atoms with Crippen LogP contribution in [0.15, 0.2) is 48.5 Å². The van der Waals surface area contributed by atoms with Crippen LogP contribution in [-0.4, -0.2) is 38.8 Å². The largest absolute Gasteiger partial charge is 0.478 e. The Labute approximate surface area is 180 Å². The average molecular weight is 422 g/mol. The SMILES string of the molecule is CCCCc1nc(COC)c(C(=O)O)n1Cc1ccc(-c2ccccc2C(=O)O)cc1. The minimum atomic E-state index is -1.03.